The number of amides is 1. The molecule has 3 N–H and O–H groups in total. The molecule has 0 aliphatic rings. The molecular weight excluding hydrogens is 540 g/mol. The van der Waals surface area contributed by atoms with Gasteiger partial charge in [-0.3, -0.25) is 9.59 Å². The Bertz CT molecular complexity index is 1330. The summed E-state index contributed by atoms with van der Waals surface area (Å²) in [5.41, 5.74) is 8.13. The van der Waals surface area contributed by atoms with E-state index >= 15 is 0 Å². The van der Waals surface area contributed by atoms with Gasteiger partial charge in [-0.05, 0) is 17.5 Å². The Morgan fingerprint density at radius 2 is 1.50 bits per heavy atom. The SMILES string of the molecule is C=CCOC(=O)CC(NC(=O)c1cc(OC)c(OC)cc1OCC(N)Cc1ccccc1)C(=O)OCc1ccccc1. The number of carbonyl (C=O) groups excluding carboxylic acids is 3. The van der Waals surface area contributed by atoms with E-state index in [0.717, 1.165) is 11.1 Å². The summed E-state index contributed by atoms with van der Waals surface area (Å²) in [6.45, 7) is 3.50. The molecule has 0 radical (unpaired) electrons. The van der Waals surface area contributed by atoms with Crippen LogP contribution in [0.15, 0.2) is 85.5 Å². The average molecular weight is 577 g/mol. The maximum atomic E-state index is 13.6. The van der Waals surface area contributed by atoms with Gasteiger partial charge in [0.15, 0.2) is 11.5 Å². The minimum atomic E-state index is -1.35. The van der Waals surface area contributed by atoms with Crippen molar-refractivity contribution in [3.05, 3.63) is 102 Å². The lowest BCUT2D eigenvalue weighted by atomic mass is 10.1. The van der Waals surface area contributed by atoms with Gasteiger partial charge in [-0.1, -0.05) is 73.3 Å². The van der Waals surface area contributed by atoms with Crippen molar-refractivity contribution < 1.29 is 38.1 Å². The van der Waals surface area contributed by atoms with Crippen molar-refractivity contribution in [1.82, 2.24) is 5.32 Å². The van der Waals surface area contributed by atoms with E-state index < -0.39 is 30.3 Å². The number of ether oxygens (including phenoxy) is 5. The first-order valence-electron chi connectivity index (χ1n) is 13.3. The van der Waals surface area contributed by atoms with Crippen LogP contribution in [-0.2, 0) is 32.1 Å². The monoisotopic (exact) mass is 576 g/mol. The third kappa shape index (κ3) is 9.67. The highest BCUT2D eigenvalue weighted by atomic mass is 16.5. The summed E-state index contributed by atoms with van der Waals surface area (Å²) in [5, 5.41) is 2.59. The molecule has 0 fully saturated rings. The van der Waals surface area contributed by atoms with Crippen LogP contribution in [0.5, 0.6) is 17.2 Å². The lowest BCUT2D eigenvalue weighted by Crippen LogP contribution is -2.43. The van der Waals surface area contributed by atoms with Crippen molar-refractivity contribution in [2.24, 2.45) is 5.73 Å². The fraction of sp³-hybridized carbons (Fsp3) is 0.281. The van der Waals surface area contributed by atoms with E-state index in [2.05, 4.69) is 11.9 Å². The Kier molecular flexibility index (Phi) is 12.4. The first-order chi connectivity index (χ1) is 20.3. The van der Waals surface area contributed by atoms with Gasteiger partial charge < -0.3 is 34.7 Å². The van der Waals surface area contributed by atoms with Gasteiger partial charge in [0.05, 0.1) is 26.2 Å². The molecule has 3 rings (SSSR count). The van der Waals surface area contributed by atoms with Crippen LogP contribution in [0.25, 0.3) is 0 Å². The molecule has 222 valence electrons. The quantitative estimate of drug-likeness (QED) is 0.194. The molecule has 0 spiro atoms. The second-order valence-corrected chi connectivity index (χ2v) is 9.26. The van der Waals surface area contributed by atoms with Crippen LogP contribution >= 0.6 is 0 Å². The summed E-state index contributed by atoms with van der Waals surface area (Å²) in [6, 6.07) is 19.9. The van der Waals surface area contributed by atoms with E-state index in [1.54, 1.807) is 24.3 Å². The summed E-state index contributed by atoms with van der Waals surface area (Å²) in [4.78, 5) is 39.0. The molecule has 0 aliphatic carbocycles. The van der Waals surface area contributed by atoms with Crippen molar-refractivity contribution in [2.45, 2.75) is 31.5 Å². The Morgan fingerprint density at radius 1 is 0.881 bits per heavy atom. The van der Waals surface area contributed by atoms with Crippen LogP contribution < -0.4 is 25.3 Å². The predicted octanol–water partition coefficient (Wildman–Crippen LogP) is 3.61. The van der Waals surface area contributed by atoms with E-state index in [9.17, 15) is 14.4 Å². The zero-order chi connectivity index (χ0) is 30.3. The smallest absolute Gasteiger partial charge is 0.329 e. The van der Waals surface area contributed by atoms with E-state index in [0.29, 0.717) is 12.2 Å². The van der Waals surface area contributed by atoms with Gasteiger partial charge in [-0.15, -0.1) is 0 Å². The Morgan fingerprint density at radius 3 is 2.12 bits per heavy atom. The molecule has 0 saturated carbocycles. The zero-order valence-electron chi connectivity index (χ0n) is 23.7. The molecule has 42 heavy (non-hydrogen) atoms. The maximum Gasteiger partial charge on any atom is 0.329 e. The first-order valence-corrected chi connectivity index (χ1v) is 13.3. The van der Waals surface area contributed by atoms with Gasteiger partial charge in [-0.2, -0.15) is 0 Å². The second kappa shape index (κ2) is 16.4. The van der Waals surface area contributed by atoms with Gasteiger partial charge >= 0.3 is 11.9 Å². The molecule has 2 unspecified atom stereocenters. The summed E-state index contributed by atoms with van der Waals surface area (Å²) in [7, 11) is 2.88. The highest BCUT2D eigenvalue weighted by molar-refractivity contribution is 6.00. The van der Waals surface area contributed by atoms with Gasteiger partial charge in [0.1, 0.15) is 31.6 Å². The molecular formula is C32H36N2O8. The third-order valence-electron chi connectivity index (χ3n) is 6.07. The molecule has 0 heterocycles. The number of esters is 2. The number of nitrogens with two attached hydrogens (primary N) is 1. The minimum Gasteiger partial charge on any atom is -0.493 e. The van der Waals surface area contributed by atoms with Crippen molar-refractivity contribution in [2.75, 3.05) is 27.4 Å². The molecule has 2 atom stereocenters. The number of rotatable bonds is 16. The number of methoxy groups -OCH3 is 2. The van der Waals surface area contributed by atoms with Gasteiger partial charge in [0.2, 0.25) is 0 Å². The molecule has 0 aliphatic heterocycles. The average Bonchev–Trinajstić information content (AvgIpc) is 3.01. The Hall–Kier alpha value is -4.83. The normalized spacial score (nSPS) is 11.9. The highest BCUT2D eigenvalue weighted by Gasteiger charge is 2.29. The molecule has 3 aromatic rings. The van der Waals surface area contributed by atoms with Crippen LogP contribution in [0, 0.1) is 0 Å². The van der Waals surface area contributed by atoms with Crippen molar-refractivity contribution in [1.29, 1.82) is 0 Å². The molecule has 10 nitrogen and oxygen atoms in total. The van der Waals surface area contributed by atoms with E-state index in [4.69, 9.17) is 29.4 Å². The minimum absolute atomic E-state index is 0.0416. The fourth-order valence-corrected chi connectivity index (χ4v) is 3.97. The van der Waals surface area contributed by atoms with Gasteiger partial charge in [-0.25, -0.2) is 4.79 Å². The Labute approximate surface area is 245 Å². The number of nitrogens with one attached hydrogen (secondary N) is 1. The van der Waals surface area contributed by atoms with Crippen LogP contribution in [0.4, 0.5) is 0 Å². The van der Waals surface area contributed by atoms with Crippen molar-refractivity contribution in [3.8, 4) is 17.2 Å². The predicted molar refractivity (Wildman–Crippen MR) is 156 cm³/mol. The topological polar surface area (TPSA) is 135 Å². The summed E-state index contributed by atoms with van der Waals surface area (Å²) in [5.74, 6) is -1.49. The summed E-state index contributed by atoms with van der Waals surface area (Å²) in [6.07, 6.45) is 1.49. The number of hydrogen-bond donors (Lipinski definition) is 2. The van der Waals surface area contributed by atoms with Crippen molar-refractivity contribution in [3.63, 3.8) is 0 Å². The van der Waals surface area contributed by atoms with E-state index in [-0.39, 0.29) is 42.9 Å². The van der Waals surface area contributed by atoms with Crippen LogP contribution in [-0.4, -0.2) is 57.4 Å². The van der Waals surface area contributed by atoms with Crippen LogP contribution in [0.3, 0.4) is 0 Å². The van der Waals surface area contributed by atoms with E-state index in [1.165, 1.54) is 32.4 Å². The number of hydrogen-bond acceptors (Lipinski definition) is 9. The number of carbonyl (C=O) groups is 3. The largest absolute Gasteiger partial charge is 0.493 e. The molecule has 1 amide bonds. The molecule has 0 bridgehead atoms. The summed E-state index contributed by atoms with van der Waals surface area (Å²) < 4.78 is 27.2. The second-order valence-electron chi connectivity index (χ2n) is 9.26. The van der Waals surface area contributed by atoms with Crippen LogP contribution in [0.1, 0.15) is 27.9 Å². The summed E-state index contributed by atoms with van der Waals surface area (Å²) >= 11 is 0. The fourth-order valence-electron chi connectivity index (χ4n) is 3.97. The first kappa shape index (κ1) is 31.7. The lowest BCUT2D eigenvalue weighted by molar-refractivity contribution is -0.152. The molecule has 0 aromatic heterocycles. The molecule has 10 heteroatoms. The number of benzene rings is 3. The van der Waals surface area contributed by atoms with Crippen molar-refractivity contribution >= 4 is 17.8 Å². The van der Waals surface area contributed by atoms with Gasteiger partial charge in [0.25, 0.3) is 5.91 Å². The molecule has 3 aromatic carbocycles. The molecule has 0 saturated heterocycles. The van der Waals surface area contributed by atoms with Gasteiger partial charge in [0, 0.05) is 18.2 Å². The zero-order valence-corrected chi connectivity index (χ0v) is 23.7. The van der Waals surface area contributed by atoms with E-state index in [1.807, 2.05) is 36.4 Å². The lowest BCUT2D eigenvalue weighted by Gasteiger charge is -2.20. The maximum absolute atomic E-state index is 13.6. The van der Waals surface area contributed by atoms with Crippen LogP contribution in [0.2, 0.25) is 0 Å². The standard InChI is InChI=1S/C32H36N2O8/c1-4-15-40-30(35)18-26(32(37)42-20-23-13-9-6-10-14-23)34-31(36)25-17-28(38-2)29(39-3)19-27(25)41-21-24(33)16-22-11-7-5-8-12-22/h4-14,17,19,24,26H,1,15-16,18,20-21,33H2,2-3H3,(H,34,36). The highest BCUT2D eigenvalue weighted by Crippen LogP contribution is 2.35. The Balaban J connectivity index is 1.81. The third-order valence-corrected chi connectivity index (χ3v) is 6.07.